The monoisotopic (exact) mass is 316 g/mol. The van der Waals surface area contributed by atoms with E-state index < -0.39 is 0 Å². The molecule has 19 heavy (non-hydrogen) atoms. The topological polar surface area (TPSA) is 35.0 Å². The van der Waals surface area contributed by atoms with Crippen LogP contribution in [0.15, 0.2) is 32.9 Å². The molecule has 0 aliphatic rings. The third-order valence-electron chi connectivity index (χ3n) is 2.05. The molecule has 0 saturated carbocycles. The minimum Gasteiger partial charge on any atom is -0.493 e. The molecule has 1 heterocycles. The van der Waals surface area contributed by atoms with Gasteiger partial charge in [0.25, 0.3) is 0 Å². The Labute approximate surface area is 124 Å². The minimum atomic E-state index is -0.253. The molecule has 2 rings (SSSR count). The molecular formula is C12H13FN2OS3. The van der Waals surface area contributed by atoms with Gasteiger partial charge in [0.05, 0.1) is 6.61 Å². The number of halogens is 1. The normalized spacial score (nSPS) is 10.6. The van der Waals surface area contributed by atoms with Crippen molar-refractivity contribution in [2.75, 3.05) is 18.1 Å². The molecule has 0 bridgehead atoms. The van der Waals surface area contributed by atoms with Gasteiger partial charge in [0.15, 0.2) is 8.68 Å². The molecule has 0 aliphatic carbocycles. The highest BCUT2D eigenvalue weighted by molar-refractivity contribution is 8.03. The SMILES string of the molecule is CCSc1nnc(SCCOc2ccc(F)cc2)s1. The molecule has 0 N–H and O–H groups in total. The van der Waals surface area contributed by atoms with Crippen LogP contribution in [0.2, 0.25) is 0 Å². The molecule has 3 nitrogen and oxygen atoms in total. The number of ether oxygens (including phenoxy) is 1. The number of hydrogen-bond donors (Lipinski definition) is 0. The van der Waals surface area contributed by atoms with Crippen LogP contribution in [0.4, 0.5) is 4.39 Å². The number of thioether (sulfide) groups is 2. The van der Waals surface area contributed by atoms with E-state index in [0.29, 0.717) is 12.4 Å². The first-order chi connectivity index (χ1) is 9.28. The highest BCUT2D eigenvalue weighted by Crippen LogP contribution is 2.28. The van der Waals surface area contributed by atoms with Crippen LogP contribution in [0.25, 0.3) is 0 Å². The lowest BCUT2D eigenvalue weighted by molar-refractivity contribution is 0.343. The van der Waals surface area contributed by atoms with E-state index in [1.54, 1.807) is 47.0 Å². The molecule has 1 aromatic heterocycles. The van der Waals surface area contributed by atoms with Gasteiger partial charge in [0.2, 0.25) is 0 Å². The summed E-state index contributed by atoms with van der Waals surface area (Å²) in [6, 6.07) is 6.03. The van der Waals surface area contributed by atoms with Crippen molar-refractivity contribution in [1.82, 2.24) is 10.2 Å². The van der Waals surface area contributed by atoms with Crippen LogP contribution in [0.5, 0.6) is 5.75 Å². The number of nitrogens with zero attached hydrogens (tertiary/aromatic N) is 2. The summed E-state index contributed by atoms with van der Waals surface area (Å²) < 4.78 is 20.1. The Balaban J connectivity index is 1.69. The number of aromatic nitrogens is 2. The van der Waals surface area contributed by atoms with Crippen molar-refractivity contribution >= 4 is 34.9 Å². The van der Waals surface area contributed by atoms with Crippen molar-refractivity contribution in [3.05, 3.63) is 30.1 Å². The fraction of sp³-hybridized carbons (Fsp3) is 0.333. The number of benzene rings is 1. The first-order valence-corrected chi connectivity index (χ1v) is 8.54. The fourth-order valence-electron chi connectivity index (χ4n) is 1.26. The molecule has 102 valence electrons. The molecule has 7 heteroatoms. The molecule has 0 atom stereocenters. The standard InChI is InChI=1S/C12H13FN2OS3/c1-2-17-11-14-15-12(19-11)18-8-7-16-10-5-3-9(13)4-6-10/h3-6H,2,7-8H2,1H3. The van der Waals surface area contributed by atoms with Gasteiger partial charge in [-0.3, -0.25) is 0 Å². The minimum absolute atomic E-state index is 0.253. The summed E-state index contributed by atoms with van der Waals surface area (Å²) >= 11 is 4.92. The van der Waals surface area contributed by atoms with E-state index in [1.807, 2.05) is 0 Å². The highest BCUT2D eigenvalue weighted by atomic mass is 32.2. The zero-order chi connectivity index (χ0) is 13.5. The molecule has 0 radical (unpaired) electrons. The lowest BCUT2D eigenvalue weighted by Crippen LogP contribution is -1.99. The van der Waals surface area contributed by atoms with Gasteiger partial charge in [0.1, 0.15) is 11.6 Å². The second kappa shape index (κ2) is 7.72. The van der Waals surface area contributed by atoms with Crippen LogP contribution in [0.1, 0.15) is 6.92 Å². The van der Waals surface area contributed by atoms with Crippen LogP contribution in [0.3, 0.4) is 0 Å². The Morgan fingerprint density at radius 1 is 1.16 bits per heavy atom. The Morgan fingerprint density at radius 3 is 2.53 bits per heavy atom. The van der Waals surface area contributed by atoms with Crippen LogP contribution >= 0.6 is 34.9 Å². The average molecular weight is 316 g/mol. The summed E-state index contributed by atoms with van der Waals surface area (Å²) in [4.78, 5) is 0. The maximum absolute atomic E-state index is 12.7. The van der Waals surface area contributed by atoms with E-state index >= 15 is 0 Å². The van der Waals surface area contributed by atoms with Gasteiger partial charge in [-0.1, -0.05) is 41.8 Å². The fourth-order valence-corrected chi connectivity index (χ4v) is 4.06. The van der Waals surface area contributed by atoms with E-state index in [9.17, 15) is 4.39 Å². The first kappa shape index (κ1) is 14.6. The van der Waals surface area contributed by atoms with Crippen LogP contribution in [-0.2, 0) is 0 Å². The van der Waals surface area contributed by atoms with Crippen molar-refractivity contribution in [3.63, 3.8) is 0 Å². The molecular weight excluding hydrogens is 303 g/mol. The van der Waals surface area contributed by atoms with Gasteiger partial charge in [-0.25, -0.2) is 4.39 Å². The third-order valence-corrected chi connectivity index (χ3v) is 5.08. The summed E-state index contributed by atoms with van der Waals surface area (Å²) in [5, 5.41) is 8.18. The van der Waals surface area contributed by atoms with Gasteiger partial charge in [-0.15, -0.1) is 10.2 Å². The summed E-state index contributed by atoms with van der Waals surface area (Å²) in [7, 11) is 0. The van der Waals surface area contributed by atoms with Crippen molar-refractivity contribution in [2.24, 2.45) is 0 Å². The number of rotatable bonds is 7. The van der Waals surface area contributed by atoms with Gasteiger partial charge >= 0.3 is 0 Å². The molecule has 2 aromatic rings. The van der Waals surface area contributed by atoms with E-state index in [-0.39, 0.29) is 5.82 Å². The molecule has 0 saturated heterocycles. The summed E-state index contributed by atoms with van der Waals surface area (Å²) in [6.45, 7) is 2.65. The molecule has 0 aliphatic heterocycles. The van der Waals surface area contributed by atoms with Crippen molar-refractivity contribution in [1.29, 1.82) is 0 Å². The Kier molecular flexibility index (Phi) is 5.93. The maximum atomic E-state index is 12.7. The van der Waals surface area contributed by atoms with E-state index in [4.69, 9.17) is 4.74 Å². The summed E-state index contributed by atoms with van der Waals surface area (Å²) in [5.41, 5.74) is 0. The van der Waals surface area contributed by atoms with Crippen LogP contribution < -0.4 is 4.74 Å². The highest BCUT2D eigenvalue weighted by Gasteiger charge is 2.04. The van der Waals surface area contributed by atoms with E-state index in [2.05, 4.69) is 17.1 Å². The smallest absolute Gasteiger partial charge is 0.175 e. The number of hydrogen-bond acceptors (Lipinski definition) is 6. The molecule has 1 aromatic carbocycles. The predicted octanol–water partition coefficient (Wildman–Crippen LogP) is 3.96. The summed E-state index contributed by atoms with van der Waals surface area (Å²) in [6.07, 6.45) is 0. The van der Waals surface area contributed by atoms with Crippen LogP contribution in [-0.4, -0.2) is 28.3 Å². The van der Waals surface area contributed by atoms with Crippen molar-refractivity contribution in [3.8, 4) is 5.75 Å². The van der Waals surface area contributed by atoms with Gasteiger partial charge in [-0.2, -0.15) is 0 Å². The zero-order valence-corrected chi connectivity index (χ0v) is 12.8. The van der Waals surface area contributed by atoms with Gasteiger partial charge in [-0.05, 0) is 30.0 Å². The first-order valence-electron chi connectivity index (χ1n) is 5.75. The lowest BCUT2D eigenvalue weighted by atomic mass is 10.3. The Hall–Kier alpha value is -0.790. The van der Waals surface area contributed by atoms with Crippen LogP contribution in [0, 0.1) is 5.82 Å². The lowest BCUT2D eigenvalue weighted by Gasteiger charge is -2.04. The third kappa shape index (κ3) is 5.00. The van der Waals surface area contributed by atoms with Crippen molar-refractivity contribution < 1.29 is 9.13 Å². The van der Waals surface area contributed by atoms with E-state index in [0.717, 1.165) is 20.2 Å². The second-order valence-corrected chi connectivity index (χ2v) is 7.25. The molecule has 0 unspecified atom stereocenters. The largest absolute Gasteiger partial charge is 0.493 e. The Bertz CT molecular complexity index is 504. The second-order valence-electron chi connectivity index (χ2n) is 3.42. The molecule has 0 amide bonds. The van der Waals surface area contributed by atoms with Gasteiger partial charge in [0, 0.05) is 5.75 Å². The quantitative estimate of drug-likeness (QED) is 0.570. The zero-order valence-electron chi connectivity index (χ0n) is 10.3. The average Bonchev–Trinajstić information content (AvgIpc) is 2.85. The van der Waals surface area contributed by atoms with Crippen molar-refractivity contribution in [2.45, 2.75) is 15.6 Å². The molecule has 0 fully saturated rings. The Morgan fingerprint density at radius 2 is 1.84 bits per heavy atom. The summed E-state index contributed by atoms with van der Waals surface area (Å²) in [5.74, 6) is 2.23. The van der Waals surface area contributed by atoms with E-state index in [1.165, 1.54) is 12.1 Å². The van der Waals surface area contributed by atoms with Gasteiger partial charge < -0.3 is 4.74 Å². The predicted molar refractivity (Wildman–Crippen MR) is 78.9 cm³/mol. The maximum Gasteiger partial charge on any atom is 0.175 e. The molecule has 0 spiro atoms.